The second-order valence-corrected chi connectivity index (χ2v) is 7.87. The molecule has 2 heterocycles. The summed E-state index contributed by atoms with van der Waals surface area (Å²) in [6.07, 6.45) is 3.14. The summed E-state index contributed by atoms with van der Waals surface area (Å²) in [6, 6.07) is 4.22. The maximum absolute atomic E-state index is 12.2. The molecule has 0 bridgehead atoms. The molecule has 2 unspecified atom stereocenters. The third-order valence-electron chi connectivity index (χ3n) is 4.56. The SMILES string of the molecule is CC(CC(=O)NCC(C)(C)c1cccs1)C1CCCNC1. The van der Waals surface area contributed by atoms with Gasteiger partial charge in [-0.15, -0.1) is 11.3 Å². The third-order valence-corrected chi connectivity index (χ3v) is 5.80. The summed E-state index contributed by atoms with van der Waals surface area (Å²) >= 11 is 1.76. The van der Waals surface area contributed by atoms with Crippen LogP contribution in [0.1, 0.15) is 44.9 Å². The minimum Gasteiger partial charge on any atom is -0.355 e. The van der Waals surface area contributed by atoms with Crippen molar-refractivity contribution in [2.45, 2.75) is 45.4 Å². The number of carbonyl (C=O) groups excluding carboxylic acids is 1. The van der Waals surface area contributed by atoms with Gasteiger partial charge in [0.05, 0.1) is 0 Å². The molecule has 21 heavy (non-hydrogen) atoms. The second-order valence-electron chi connectivity index (χ2n) is 6.93. The van der Waals surface area contributed by atoms with Crippen molar-refractivity contribution >= 4 is 17.2 Å². The van der Waals surface area contributed by atoms with Crippen LogP contribution in [-0.2, 0) is 10.2 Å². The molecule has 118 valence electrons. The van der Waals surface area contributed by atoms with E-state index in [9.17, 15) is 4.79 Å². The summed E-state index contributed by atoms with van der Waals surface area (Å²) in [5.41, 5.74) is 0.0134. The Morgan fingerprint density at radius 2 is 2.38 bits per heavy atom. The minimum atomic E-state index is 0.0134. The first kappa shape index (κ1) is 16.5. The molecule has 4 heteroatoms. The van der Waals surface area contributed by atoms with Gasteiger partial charge >= 0.3 is 0 Å². The maximum Gasteiger partial charge on any atom is 0.220 e. The summed E-state index contributed by atoms with van der Waals surface area (Å²) in [5.74, 6) is 1.30. The Morgan fingerprint density at radius 3 is 3.00 bits per heavy atom. The van der Waals surface area contributed by atoms with Crippen LogP contribution >= 0.6 is 11.3 Å². The third kappa shape index (κ3) is 4.82. The Kier molecular flexibility index (Phi) is 5.82. The fraction of sp³-hybridized carbons (Fsp3) is 0.706. The number of piperidine rings is 1. The van der Waals surface area contributed by atoms with Crippen molar-refractivity contribution in [1.82, 2.24) is 10.6 Å². The molecule has 0 radical (unpaired) electrons. The zero-order valence-electron chi connectivity index (χ0n) is 13.4. The molecule has 1 aliphatic heterocycles. The van der Waals surface area contributed by atoms with Gasteiger partial charge < -0.3 is 10.6 Å². The fourth-order valence-electron chi connectivity index (χ4n) is 2.97. The molecule has 1 aromatic heterocycles. The van der Waals surface area contributed by atoms with Gasteiger partial charge in [0.25, 0.3) is 0 Å². The predicted molar refractivity (Wildman–Crippen MR) is 89.7 cm³/mol. The molecule has 1 aromatic rings. The standard InChI is InChI=1S/C17H28N2OS/c1-13(14-6-4-8-18-11-14)10-16(20)19-12-17(2,3)15-7-5-9-21-15/h5,7,9,13-14,18H,4,6,8,10-12H2,1-3H3,(H,19,20). The number of rotatable bonds is 6. The van der Waals surface area contributed by atoms with E-state index in [-0.39, 0.29) is 11.3 Å². The molecule has 1 fully saturated rings. The Balaban J connectivity index is 1.76. The van der Waals surface area contributed by atoms with Crippen LogP contribution < -0.4 is 10.6 Å². The van der Waals surface area contributed by atoms with Gasteiger partial charge in [-0.05, 0) is 49.2 Å². The molecule has 0 saturated carbocycles. The highest BCUT2D eigenvalue weighted by molar-refractivity contribution is 7.10. The van der Waals surface area contributed by atoms with Crippen LogP contribution in [0.3, 0.4) is 0 Å². The van der Waals surface area contributed by atoms with Crippen molar-refractivity contribution in [2.24, 2.45) is 11.8 Å². The van der Waals surface area contributed by atoms with Crippen molar-refractivity contribution in [3.05, 3.63) is 22.4 Å². The highest BCUT2D eigenvalue weighted by atomic mass is 32.1. The first-order chi connectivity index (χ1) is 9.99. The van der Waals surface area contributed by atoms with Crippen LogP contribution in [0.4, 0.5) is 0 Å². The molecule has 2 atom stereocenters. The molecule has 1 aliphatic rings. The van der Waals surface area contributed by atoms with Gasteiger partial charge in [-0.3, -0.25) is 4.79 Å². The average molecular weight is 308 g/mol. The van der Waals surface area contributed by atoms with Crippen molar-refractivity contribution in [3.8, 4) is 0 Å². The molecule has 2 rings (SSSR count). The molecule has 3 nitrogen and oxygen atoms in total. The van der Waals surface area contributed by atoms with Gasteiger partial charge in [0.1, 0.15) is 0 Å². The predicted octanol–water partition coefficient (Wildman–Crippen LogP) is 3.17. The van der Waals surface area contributed by atoms with Crippen molar-refractivity contribution < 1.29 is 4.79 Å². The van der Waals surface area contributed by atoms with Gasteiger partial charge in [0.2, 0.25) is 5.91 Å². The summed E-state index contributed by atoms with van der Waals surface area (Å²) in [5, 5.41) is 8.66. The second kappa shape index (κ2) is 7.41. The van der Waals surface area contributed by atoms with Gasteiger partial charge in [0, 0.05) is 23.3 Å². The topological polar surface area (TPSA) is 41.1 Å². The van der Waals surface area contributed by atoms with E-state index >= 15 is 0 Å². The van der Waals surface area contributed by atoms with Gasteiger partial charge in [0.15, 0.2) is 0 Å². The van der Waals surface area contributed by atoms with Crippen LogP contribution in [0.5, 0.6) is 0 Å². The summed E-state index contributed by atoms with van der Waals surface area (Å²) in [4.78, 5) is 13.5. The highest BCUT2D eigenvalue weighted by Crippen LogP contribution is 2.27. The van der Waals surface area contributed by atoms with E-state index < -0.39 is 0 Å². The Hall–Kier alpha value is -0.870. The van der Waals surface area contributed by atoms with Crippen molar-refractivity contribution in [2.75, 3.05) is 19.6 Å². The molecule has 0 spiro atoms. The summed E-state index contributed by atoms with van der Waals surface area (Å²) in [7, 11) is 0. The Morgan fingerprint density at radius 1 is 1.57 bits per heavy atom. The largest absolute Gasteiger partial charge is 0.355 e. The number of thiophene rings is 1. The molecule has 1 saturated heterocycles. The number of hydrogen-bond donors (Lipinski definition) is 2. The first-order valence-corrected chi connectivity index (χ1v) is 8.88. The number of carbonyl (C=O) groups is 1. The smallest absolute Gasteiger partial charge is 0.220 e. The van der Waals surface area contributed by atoms with Crippen molar-refractivity contribution in [3.63, 3.8) is 0 Å². The van der Waals surface area contributed by atoms with Crippen LogP contribution in [0.2, 0.25) is 0 Å². The molecule has 1 amide bonds. The van der Waals surface area contributed by atoms with Gasteiger partial charge in [-0.25, -0.2) is 0 Å². The lowest BCUT2D eigenvalue weighted by atomic mass is 9.85. The van der Waals surface area contributed by atoms with E-state index in [1.54, 1.807) is 11.3 Å². The summed E-state index contributed by atoms with van der Waals surface area (Å²) in [6.45, 7) is 9.49. The molecule has 0 aromatic carbocycles. The number of hydrogen-bond acceptors (Lipinski definition) is 3. The fourth-order valence-corrected chi connectivity index (χ4v) is 3.82. The van der Waals surface area contributed by atoms with E-state index in [0.29, 0.717) is 24.8 Å². The van der Waals surface area contributed by atoms with E-state index in [1.165, 1.54) is 17.7 Å². The lowest BCUT2D eigenvalue weighted by Crippen LogP contribution is -2.39. The number of amides is 1. The van der Waals surface area contributed by atoms with E-state index in [1.807, 2.05) is 0 Å². The van der Waals surface area contributed by atoms with E-state index in [2.05, 4.69) is 48.9 Å². The lowest BCUT2D eigenvalue weighted by Gasteiger charge is -2.29. The molecule has 2 N–H and O–H groups in total. The monoisotopic (exact) mass is 308 g/mol. The molecule has 0 aliphatic carbocycles. The van der Waals surface area contributed by atoms with Gasteiger partial charge in [-0.2, -0.15) is 0 Å². The zero-order chi connectivity index (χ0) is 15.3. The molecular weight excluding hydrogens is 280 g/mol. The van der Waals surface area contributed by atoms with Crippen LogP contribution in [-0.4, -0.2) is 25.5 Å². The van der Waals surface area contributed by atoms with Gasteiger partial charge in [-0.1, -0.05) is 26.8 Å². The van der Waals surface area contributed by atoms with E-state index in [0.717, 1.165) is 13.1 Å². The summed E-state index contributed by atoms with van der Waals surface area (Å²) < 4.78 is 0. The molecular formula is C17H28N2OS. The zero-order valence-corrected chi connectivity index (χ0v) is 14.3. The Labute approximate surface area is 132 Å². The number of nitrogens with one attached hydrogen (secondary N) is 2. The van der Waals surface area contributed by atoms with Crippen LogP contribution in [0.15, 0.2) is 17.5 Å². The minimum absolute atomic E-state index is 0.0134. The normalized spacial score (nSPS) is 21.0. The van der Waals surface area contributed by atoms with E-state index in [4.69, 9.17) is 0 Å². The average Bonchev–Trinajstić information content (AvgIpc) is 3.01. The Bertz CT molecular complexity index is 436. The maximum atomic E-state index is 12.2. The van der Waals surface area contributed by atoms with Crippen LogP contribution in [0, 0.1) is 11.8 Å². The highest BCUT2D eigenvalue weighted by Gasteiger charge is 2.25. The quantitative estimate of drug-likeness (QED) is 0.847. The first-order valence-electron chi connectivity index (χ1n) is 8.00. The van der Waals surface area contributed by atoms with Crippen LogP contribution in [0.25, 0.3) is 0 Å². The van der Waals surface area contributed by atoms with Crippen molar-refractivity contribution in [1.29, 1.82) is 0 Å². The lowest BCUT2D eigenvalue weighted by molar-refractivity contribution is -0.122.